The Morgan fingerprint density at radius 3 is 2.72 bits per heavy atom. The second-order valence-electron chi connectivity index (χ2n) is 7.60. The van der Waals surface area contributed by atoms with Gasteiger partial charge in [-0.1, -0.05) is 12.6 Å². The van der Waals surface area contributed by atoms with Crippen molar-refractivity contribution in [1.82, 2.24) is 20.6 Å². The summed E-state index contributed by atoms with van der Waals surface area (Å²) in [7, 11) is 0. The highest BCUT2D eigenvalue weighted by molar-refractivity contribution is 7.21. The standard InChI is InChI=1S/C22H20N6O3S/c1-2-16(29)25-12-6-5-7-13(12)26-20(30)19-18-17-14(9-11-24-21(17)32-19)28(22(31)27-18)15-8-3-4-10-23-15/h2-4,8-13H,1,5-7H2,(H,25,29)(H,26,30)(H,27,31). The monoisotopic (exact) mass is 448 g/mol. The number of hydrogen-bond acceptors (Lipinski definition) is 6. The van der Waals surface area contributed by atoms with Crippen molar-refractivity contribution >= 4 is 56.6 Å². The molecule has 3 aromatic heterocycles. The molecule has 3 aromatic rings. The van der Waals surface area contributed by atoms with Crippen LogP contribution in [0.5, 0.6) is 0 Å². The number of pyridine rings is 2. The van der Waals surface area contributed by atoms with Crippen LogP contribution in [0.15, 0.2) is 49.3 Å². The molecular formula is C22H20N6O3S. The summed E-state index contributed by atoms with van der Waals surface area (Å²) in [6, 6.07) is 6.32. The van der Waals surface area contributed by atoms with Crippen molar-refractivity contribution in [2.75, 3.05) is 10.2 Å². The second-order valence-corrected chi connectivity index (χ2v) is 8.60. The average Bonchev–Trinajstić information content (AvgIpc) is 3.39. The van der Waals surface area contributed by atoms with Crippen LogP contribution >= 0.6 is 11.3 Å². The summed E-state index contributed by atoms with van der Waals surface area (Å²) < 4.78 is 0. The zero-order valence-corrected chi connectivity index (χ0v) is 17.8. The molecule has 2 unspecified atom stereocenters. The van der Waals surface area contributed by atoms with Crippen LogP contribution in [-0.2, 0) is 4.79 Å². The van der Waals surface area contributed by atoms with Crippen LogP contribution in [0.1, 0.15) is 28.9 Å². The molecule has 162 valence electrons. The van der Waals surface area contributed by atoms with Gasteiger partial charge in [0.05, 0.1) is 16.8 Å². The number of urea groups is 1. The summed E-state index contributed by atoms with van der Waals surface area (Å²) in [6.45, 7) is 3.48. The molecule has 0 bridgehead atoms. The Balaban J connectivity index is 1.48. The van der Waals surface area contributed by atoms with E-state index in [1.54, 1.807) is 36.7 Å². The molecule has 10 heteroatoms. The van der Waals surface area contributed by atoms with Crippen molar-refractivity contribution in [2.45, 2.75) is 31.3 Å². The maximum absolute atomic E-state index is 13.2. The van der Waals surface area contributed by atoms with E-state index in [0.717, 1.165) is 19.3 Å². The molecule has 2 atom stereocenters. The van der Waals surface area contributed by atoms with Crippen LogP contribution in [-0.4, -0.2) is 39.9 Å². The van der Waals surface area contributed by atoms with Crippen molar-refractivity contribution < 1.29 is 14.4 Å². The first-order chi connectivity index (χ1) is 15.6. The number of hydrogen-bond donors (Lipinski definition) is 3. The van der Waals surface area contributed by atoms with Gasteiger partial charge >= 0.3 is 6.03 Å². The first-order valence-corrected chi connectivity index (χ1v) is 11.1. The Morgan fingerprint density at radius 2 is 1.97 bits per heavy atom. The van der Waals surface area contributed by atoms with E-state index in [-0.39, 0.29) is 23.9 Å². The van der Waals surface area contributed by atoms with E-state index < -0.39 is 6.03 Å². The van der Waals surface area contributed by atoms with E-state index in [1.165, 1.54) is 22.3 Å². The summed E-state index contributed by atoms with van der Waals surface area (Å²) in [6.07, 6.45) is 6.90. The molecule has 3 N–H and O–H groups in total. The molecule has 1 saturated carbocycles. The summed E-state index contributed by atoms with van der Waals surface area (Å²) in [5.74, 6) is -0.0822. The maximum Gasteiger partial charge on any atom is 0.332 e. The predicted octanol–water partition coefficient (Wildman–Crippen LogP) is 3.33. The van der Waals surface area contributed by atoms with Gasteiger partial charge in [-0.3, -0.25) is 9.59 Å². The van der Waals surface area contributed by atoms with Crippen molar-refractivity contribution in [1.29, 1.82) is 0 Å². The molecule has 4 heterocycles. The first-order valence-electron chi connectivity index (χ1n) is 10.2. The van der Waals surface area contributed by atoms with Crippen molar-refractivity contribution in [2.24, 2.45) is 0 Å². The normalized spacial score (nSPS) is 19.5. The highest BCUT2D eigenvalue weighted by Crippen LogP contribution is 2.45. The number of amides is 4. The molecule has 1 fully saturated rings. The summed E-state index contributed by atoms with van der Waals surface area (Å²) >= 11 is 1.22. The molecule has 0 saturated heterocycles. The van der Waals surface area contributed by atoms with Crippen LogP contribution < -0.4 is 20.9 Å². The van der Waals surface area contributed by atoms with Crippen LogP contribution in [0.3, 0.4) is 0 Å². The first kappa shape index (κ1) is 20.1. The number of aromatic nitrogens is 2. The minimum Gasteiger partial charge on any atom is -0.348 e. The van der Waals surface area contributed by atoms with Crippen LogP contribution in [0.4, 0.5) is 22.0 Å². The number of thiophene rings is 1. The van der Waals surface area contributed by atoms with Gasteiger partial charge in [0.25, 0.3) is 5.91 Å². The van der Waals surface area contributed by atoms with Gasteiger partial charge in [-0.25, -0.2) is 19.7 Å². The van der Waals surface area contributed by atoms with Gasteiger partial charge in [-0.15, -0.1) is 11.3 Å². The highest BCUT2D eigenvalue weighted by atomic mass is 32.1. The molecule has 1 aliphatic heterocycles. The van der Waals surface area contributed by atoms with E-state index in [9.17, 15) is 14.4 Å². The Kier molecular flexibility index (Phi) is 5.06. The molecule has 32 heavy (non-hydrogen) atoms. The minimum absolute atomic E-state index is 0.155. The third-order valence-electron chi connectivity index (χ3n) is 5.68. The summed E-state index contributed by atoms with van der Waals surface area (Å²) in [5, 5.41) is 9.46. The van der Waals surface area contributed by atoms with Gasteiger partial charge in [-0.05, 0) is 43.5 Å². The number of nitrogens with one attached hydrogen (secondary N) is 3. The Bertz CT molecular complexity index is 1240. The summed E-state index contributed by atoms with van der Waals surface area (Å²) in [4.78, 5) is 49.1. The van der Waals surface area contributed by atoms with E-state index in [4.69, 9.17) is 0 Å². The molecule has 5 rings (SSSR count). The van der Waals surface area contributed by atoms with E-state index in [2.05, 4.69) is 32.5 Å². The van der Waals surface area contributed by atoms with E-state index >= 15 is 0 Å². The van der Waals surface area contributed by atoms with Crippen molar-refractivity contribution in [3.05, 3.63) is 54.2 Å². The second kappa shape index (κ2) is 8.04. The number of rotatable bonds is 5. The maximum atomic E-state index is 13.2. The molecule has 2 aliphatic rings. The topological polar surface area (TPSA) is 116 Å². The number of carbonyl (C=O) groups is 3. The van der Waals surface area contributed by atoms with Gasteiger partial charge in [0, 0.05) is 24.5 Å². The largest absolute Gasteiger partial charge is 0.348 e. The van der Waals surface area contributed by atoms with Gasteiger partial charge in [0.2, 0.25) is 5.91 Å². The zero-order valence-electron chi connectivity index (χ0n) is 17.0. The number of nitrogens with zero attached hydrogens (tertiary/aromatic N) is 3. The SMILES string of the molecule is C=CC(=O)NC1CCCC1NC(=O)c1sc2nccc3c2c1NC(=O)N3c1ccccn1. The van der Waals surface area contributed by atoms with E-state index in [1.807, 2.05) is 0 Å². The molecule has 0 radical (unpaired) electrons. The smallest absolute Gasteiger partial charge is 0.332 e. The molecule has 4 amide bonds. The fraction of sp³-hybridized carbons (Fsp3) is 0.227. The zero-order chi connectivity index (χ0) is 22.2. The van der Waals surface area contributed by atoms with Gasteiger partial charge < -0.3 is 16.0 Å². The lowest BCUT2D eigenvalue weighted by molar-refractivity contribution is -0.117. The van der Waals surface area contributed by atoms with Gasteiger partial charge in [0.1, 0.15) is 15.5 Å². The summed E-state index contributed by atoms with van der Waals surface area (Å²) in [5.41, 5.74) is 1.08. The molecule has 0 spiro atoms. The molecule has 9 nitrogen and oxygen atoms in total. The Labute approximate surface area is 187 Å². The fourth-order valence-electron chi connectivity index (χ4n) is 4.24. The Hall–Kier alpha value is -3.79. The number of anilines is 3. The highest BCUT2D eigenvalue weighted by Gasteiger charge is 2.35. The average molecular weight is 449 g/mol. The molecular weight excluding hydrogens is 428 g/mol. The fourth-order valence-corrected chi connectivity index (χ4v) is 5.26. The lowest BCUT2D eigenvalue weighted by atomic mass is 10.1. The van der Waals surface area contributed by atoms with Gasteiger partial charge in [0.15, 0.2) is 0 Å². The number of carbonyl (C=O) groups excluding carboxylic acids is 3. The quantitative estimate of drug-likeness (QED) is 0.518. The third-order valence-corrected chi connectivity index (χ3v) is 6.77. The molecule has 1 aliphatic carbocycles. The van der Waals surface area contributed by atoms with Crippen LogP contribution in [0.25, 0.3) is 10.2 Å². The minimum atomic E-state index is -0.395. The van der Waals surface area contributed by atoms with Gasteiger partial charge in [-0.2, -0.15) is 0 Å². The van der Waals surface area contributed by atoms with Crippen molar-refractivity contribution in [3.8, 4) is 0 Å². The third kappa shape index (κ3) is 3.38. The molecule has 0 aromatic carbocycles. The van der Waals surface area contributed by atoms with Crippen LogP contribution in [0.2, 0.25) is 0 Å². The lowest BCUT2D eigenvalue weighted by Gasteiger charge is -2.27. The Morgan fingerprint density at radius 1 is 1.16 bits per heavy atom. The van der Waals surface area contributed by atoms with Crippen LogP contribution in [0, 0.1) is 0 Å². The lowest BCUT2D eigenvalue weighted by Crippen LogP contribution is -2.48. The predicted molar refractivity (Wildman–Crippen MR) is 122 cm³/mol. The van der Waals surface area contributed by atoms with E-state index in [0.29, 0.717) is 32.3 Å². The van der Waals surface area contributed by atoms with Crippen molar-refractivity contribution in [3.63, 3.8) is 0 Å².